The molecule has 1 aliphatic heterocycles. The van der Waals surface area contributed by atoms with Crippen molar-refractivity contribution in [2.75, 3.05) is 34.4 Å². The lowest BCUT2D eigenvalue weighted by atomic mass is 10.0. The maximum absolute atomic E-state index is 11.8. The van der Waals surface area contributed by atoms with E-state index in [1.165, 1.54) is 20.0 Å². The highest BCUT2D eigenvalue weighted by Gasteiger charge is 2.22. The van der Waals surface area contributed by atoms with Crippen LogP contribution in [0.3, 0.4) is 0 Å². The van der Waals surface area contributed by atoms with Crippen molar-refractivity contribution in [3.63, 3.8) is 0 Å². The van der Waals surface area contributed by atoms with E-state index >= 15 is 0 Å². The molecule has 1 heterocycles. The van der Waals surface area contributed by atoms with Crippen molar-refractivity contribution in [3.8, 4) is 11.5 Å². The SMILES string of the molecule is COC(=O)c1cccc(OC)c1OCC1CCCCN1C. The van der Waals surface area contributed by atoms with Gasteiger partial charge in [0.15, 0.2) is 11.5 Å². The fraction of sp³-hybridized carbons (Fsp3) is 0.562. The molecule has 1 unspecified atom stereocenters. The Morgan fingerprint density at radius 2 is 2.14 bits per heavy atom. The molecule has 0 saturated carbocycles. The third-order valence-corrected chi connectivity index (χ3v) is 3.95. The van der Waals surface area contributed by atoms with Crippen LogP contribution in [0.4, 0.5) is 0 Å². The third-order valence-electron chi connectivity index (χ3n) is 3.95. The first-order valence-corrected chi connectivity index (χ1v) is 7.25. The Balaban J connectivity index is 2.15. The number of benzene rings is 1. The Labute approximate surface area is 125 Å². The molecule has 1 fully saturated rings. The zero-order chi connectivity index (χ0) is 15.2. The number of carbonyl (C=O) groups excluding carboxylic acids is 1. The summed E-state index contributed by atoms with van der Waals surface area (Å²) in [6.07, 6.45) is 3.56. The van der Waals surface area contributed by atoms with Crippen LogP contribution >= 0.6 is 0 Å². The number of hydrogen-bond acceptors (Lipinski definition) is 5. The Morgan fingerprint density at radius 3 is 2.81 bits per heavy atom. The van der Waals surface area contributed by atoms with Gasteiger partial charge in [0.25, 0.3) is 0 Å². The summed E-state index contributed by atoms with van der Waals surface area (Å²) in [7, 11) is 5.03. The van der Waals surface area contributed by atoms with Crippen molar-refractivity contribution >= 4 is 5.97 Å². The molecule has 0 amide bonds. The van der Waals surface area contributed by atoms with E-state index in [1.807, 2.05) is 0 Å². The van der Waals surface area contributed by atoms with Gasteiger partial charge in [0.05, 0.1) is 14.2 Å². The summed E-state index contributed by atoms with van der Waals surface area (Å²) in [5.74, 6) is 0.600. The third kappa shape index (κ3) is 3.67. The number of likely N-dealkylation sites (tertiary alicyclic amines) is 1. The lowest BCUT2D eigenvalue weighted by Gasteiger charge is -2.32. The number of esters is 1. The normalized spacial score (nSPS) is 19.1. The molecule has 116 valence electrons. The van der Waals surface area contributed by atoms with E-state index in [-0.39, 0.29) is 0 Å². The van der Waals surface area contributed by atoms with Gasteiger partial charge in [-0.05, 0) is 38.6 Å². The van der Waals surface area contributed by atoms with Crippen molar-refractivity contribution in [1.82, 2.24) is 4.90 Å². The molecule has 1 atom stereocenters. The van der Waals surface area contributed by atoms with E-state index in [0.29, 0.717) is 29.7 Å². The smallest absolute Gasteiger partial charge is 0.341 e. The minimum atomic E-state index is -0.416. The standard InChI is InChI=1S/C16H23NO4/c1-17-10-5-4-7-12(17)11-21-15-13(16(18)20-3)8-6-9-14(15)19-2/h6,8-9,12H,4-5,7,10-11H2,1-3H3. The highest BCUT2D eigenvalue weighted by Crippen LogP contribution is 2.32. The molecular formula is C16H23NO4. The van der Waals surface area contributed by atoms with Crippen LogP contribution in [-0.4, -0.2) is 51.3 Å². The Bertz CT molecular complexity index is 489. The highest BCUT2D eigenvalue weighted by molar-refractivity contribution is 5.93. The van der Waals surface area contributed by atoms with E-state index in [0.717, 1.165) is 13.0 Å². The molecule has 1 aromatic carbocycles. The van der Waals surface area contributed by atoms with Crippen molar-refractivity contribution in [2.45, 2.75) is 25.3 Å². The molecule has 0 bridgehead atoms. The van der Waals surface area contributed by atoms with Crippen molar-refractivity contribution in [3.05, 3.63) is 23.8 Å². The van der Waals surface area contributed by atoms with Gasteiger partial charge in [-0.2, -0.15) is 0 Å². The maximum atomic E-state index is 11.8. The quantitative estimate of drug-likeness (QED) is 0.780. The summed E-state index contributed by atoms with van der Waals surface area (Å²) in [5.41, 5.74) is 0.398. The van der Waals surface area contributed by atoms with Gasteiger partial charge in [-0.1, -0.05) is 12.5 Å². The summed E-state index contributed by atoms with van der Waals surface area (Å²) in [6.45, 7) is 1.63. The summed E-state index contributed by atoms with van der Waals surface area (Å²) < 4.78 is 16.0. The van der Waals surface area contributed by atoms with Crippen molar-refractivity contribution in [2.24, 2.45) is 0 Å². The second-order valence-electron chi connectivity index (χ2n) is 5.27. The van der Waals surface area contributed by atoms with Crippen LogP contribution in [0.25, 0.3) is 0 Å². The number of carbonyl (C=O) groups is 1. The number of rotatable bonds is 5. The largest absolute Gasteiger partial charge is 0.493 e. The number of ether oxygens (including phenoxy) is 3. The zero-order valence-corrected chi connectivity index (χ0v) is 12.9. The molecule has 2 rings (SSSR count). The van der Waals surface area contributed by atoms with Crippen molar-refractivity contribution in [1.29, 1.82) is 0 Å². The minimum Gasteiger partial charge on any atom is -0.493 e. The Morgan fingerprint density at radius 1 is 1.33 bits per heavy atom. The fourth-order valence-electron chi connectivity index (χ4n) is 2.63. The van der Waals surface area contributed by atoms with E-state index in [4.69, 9.17) is 14.2 Å². The zero-order valence-electron chi connectivity index (χ0n) is 12.9. The predicted molar refractivity (Wildman–Crippen MR) is 80.1 cm³/mol. The van der Waals surface area contributed by atoms with Gasteiger partial charge >= 0.3 is 5.97 Å². The molecule has 0 spiro atoms. The Kier molecular flexibility index (Phi) is 5.44. The van der Waals surface area contributed by atoms with Crippen LogP contribution in [0.5, 0.6) is 11.5 Å². The average molecular weight is 293 g/mol. The molecule has 5 nitrogen and oxygen atoms in total. The van der Waals surface area contributed by atoms with E-state index in [2.05, 4.69) is 11.9 Å². The molecule has 1 aromatic rings. The number of piperidine rings is 1. The van der Waals surface area contributed by atoms with Gasteiger partial charge in [-0.25, -0.2) is 4.79 Å². The maximum Gasteiger partial charge on any atom is 0.341 e. The molecule has 1 aliphatic rings. The van der Waals surface area contributed by atoms with E-state index in [1.54, 1.807) is 25.3 Å². The molecular weight excluding hydrogens is 270 g/mol. The second-order valence-corrected chi connectivity index (χ2v) is 5.27. The number of likely N-dealkylation sites (N-methyl/N-ethyl adjacent to an activating group) is 1. The molecule has 5 heteroatoms. The van der Waals surface area contributed by atoms with Gasteiger partial charge in [0, 0.05) is 6.04 Å². The number of hydrogen-bond donors (Lipinski definition) is 0. The fourth-order valence-corrected chi connectivity index (χ4v) is 2.63. The molecule has 0 radical (unpaired) electrons. The van der Waals surface area contributed by atoms with Gasteiger partial charge in [-0.15, -0.1) is 0 Å². The first kappa shape index (κ1) is 15.6. The summed E-state index contributed by atoms with van der Waals surface area (Å²) >= 11 is 0. The molecule has 0 aromatic heterocycles. The Hall–Kier alpha value is -1.75. The van der Waals surface area contributed by atoms with Gasteiger partial charge in [0.1, 0.15) is 12.2 Å². The minimum absolute atomic E-state index is 0.370. The first-order valence-electron chi connectivity index (χ1n) is 7.25. The van der Waals surface area contributed by atoms with Gasteiger partial charge in [-0.3, -0.25) is 0 Å². The predicted octanol–water partition coefficient (Wildman–Crippen LogP) is 2.34. The first-order chi connectivity index (χ1) is 10.2. The number of nitrogens with zero attached hydrogens (tertiary/aromatic N) is 1. The molecule has 0 aliphatic carbocycles. The molecule has 0 N–H and O–H groups in total. The summed E-state index contributed by atoms with van der Waals surface area (Å²) in [4.78, 5) is 14.2. The van der Waals surface area contributed by atoms with E-state index < -0.39 is 5.97 Å². The number of methoxy groups -OCH3 is 2. The summed E-state index contributed by atoms with van der Waals surface area (Å²) in [5, 5.41) is 0. The molecule has 1 saturated heterocycles. The lowest BCUT2D eigenvalue weighted by molar-refractivity contribution is 0.0591. The highest BCUT2D eigenvalue weighted by atomic mass is 16.5. The average Bonchev–Trinajstić information content (AvgIpc) is 2.53. The van der Waals surface area contributed by atoms with Gasteiger partial charge in [0.2, 0.25) is 0 Å². The monoisotopic (exact) mass is 293 g/mol. The lowest BCUT2D eigenvalue weighted by Crippen LogP contribution is -2.40. The van der Waals surface area contributed by atoms with Crippen LogP contribution in [0.2, 0.25) is 0 Å². The van der Waals surface area contributed by atoms with E-state index in [9.17, 15) is 4.79 Å². The van der Waals surface area contributed by atoms with Crippen molar-refractivity contribution < 1.29 is 19.0 Å². The van der Waals surface area contributed by atoms with Crippen LogP contribution in [0.15, 0.2) is 18.2 Å². The molecule has 21 heavy (non-hydrogen) atoms. The van der Waals surface area contributed by atoms with Gasteiger partial charge < -0.3 is 19.1 Å². The number of para-hydroxylation sites is 1. The van der Waals surface area contributed by atoms with Crippen LogP contribution in [-0.2, 0) is 4.74 Å². The van der Waals surface area contributed by atoms with Crippen LogP contribution in [0.1, 0.15) is 29.6 Å². The topological polar surface area (TPSA) is 48.0 Å². The summed E-state index contributed by atoms with van der Waals surface area (Å²) in [6, 6.07) is 5.60. The van der Waals surface area contributed by atoms with Crippen LogP contribution < -0.4 is 9.47 Å². The van der Waals surface area contributed by atoms with Crippen LogP contribution in [0, 0.1) is 0 Å². The second kappa shape index (κ2) is 7.31.